The molecule has 1 aliphatic heterocycles. The summed E-state index contributed by atoms with van der Waals surface area (Å²) in [4.78, 5) is 29.1. The second-order valence-electron chi connectivity index (χ2n) is 13.6. The van der Waals surface area contributed by atoms with Crippen LogP contribution in [-0.2, 0) is 24.3 Å². The number of sulfonamides is 1. The highest BCUT2D eigenvalue weighted by Gasteiger charge is 2.44. The maximum Gasteiger partial charge on any atom is 0.322 e. The van der Waals surface area contributed by atoms with Gasteiger partial charge >= 0.3 is 5.97 Å². The Hall–Kier alpha value is -2.89. The van der Waals surface area contributed by atoms with E-state index in [1.54, 1.807) is 24.3 Å². The van der Waals surface area contributed by atoms with Crippen LogP contribution in [0.15, 0.2) is 48.1 Å². The molecule has 2 aliphatic carbocycles. The number of amides is 1. The highest BCUT2D eigenvalue weighted by Crippen LogP contribution is 2.32. The summed E-state index contributed by atoms with van der Waals surface area (Å²) in [5, 5.41) is 6.73. The molecule has 11 heteroatoms. The third kappa shape index (κ3) is 10.6. The molecule has 0 spiro atoms. The van der Waals surface area contributed by atoms with Crippen molar-refractivity contribution in [3.05, 3.63) is 48.1 Å². The average Bonchev–Trinajstić information content (AvgIpc) is 3.03. The Morgan fingerprint density at radius 3 is 2.37 bits per heavy atom. The molecule has 1 aromatic carbocycles. The summed E-state index contributed by atoms with van der Waals surface area (Å²) in [7, 11) is -1.90. The SMILES string of the molecule is CCCCNC(=O)C1(N[C@@H](CC2CCCCC2)C(=O)OC)CCN(CC2=CCC(C)(Oc3ccc(NS(C)(=O)=O)cc3)C=C2)CC1. The summed E-state index contributed by atoms with van der Waals surface area (Å²) >= 11 is 0. The number of unbranched alkanes of at least 4 members (excludes halogenated alkanes) is 1. The number of carbonyl (C=O) groups is 2. The fraction of sp³-hybridized carbons (Fsp3) is 0.657. The van der Waals surface area contributed by atoms with E-state index < -0.39 is 27.2 Å². The number of nitrogens with one attached hydrogen (secondary N) is 3. The number of benzene rings is 1. The fourth-order valence-corrected chi connectivity index (χ4v) is 7.37. The van der Waals surface area contributed by atoms with Gasteiger partial charge in [0.2, 0.25) is 15.9 Å². The average molecular weight is 659 g/mol. The summed E-state index contributed by atoms with van der Waals surface area (Å²) in [5.41, 5.74) is 0.360. The molecule has 1 amide bonds. The quantitative estimate of drug-likeness (QED) is 0.179. The van der Waals surface area contributed by atoms with Crippen LogP contribution in [0, 0.1) is 5.92 Å². The third-order valence-electron chi connectivity index (χ3n) is 9.52. The van der Waals surface area contributed by atoms with Crippen molar-refractivity contribution in [1.29, 1.82) is 0 Å². The van der Waals surface area contributed by atoms with E-state index in [1.165, 1.54) is 31.9 Å². The van der Waals surface area contributed by atoms with E-state index in [0.29, 0.717) is 49.6 Å². The van der Waals surface area contributed by atoms with Crippen molar-refractivity contribution < 1.29 is 27.5 Å². The van der Waals surface area contributed by atoms with Gasteiger partial charge in [0, 0.05) is 38.3 Å². The largest absolute Gasteiger partial charge is 0.483 e. The van der Waals surface area contributed by atoms with Crippen LogP contribution < -0.4 is 20.1 Å². The van der Waals surface area contributed by atoms with E-state index >= 15 is 0 Å². The van der Waals surface area contributed by atoms with Crippen LogP contribution in [0.5, 0.6) is 5.75 Å². The molecule has 0 bridgehead atoms. The summed E-state index contributed by atoms with van der Waals surface area (Å²) in [6.07, 6.45) is 18.0. The van der Waals surface area contributed by atoms with Gasteiger partial charge in [0.1, 0.15) is 22.9 Å². The van der Waals surface area contributed by atoms with Crippen LogP contribution in [0.1, 0.15) is 84.5 Å². The van der Waals surface area contributed by atoms with Crippen LogP contribution >= 0.6 is 0 Å². The molecule has 1 saturated heterocycles. The maximum absolute atomic E-state index is 13.7. The topological polar surface area (TPSA) is 126 Å². The molecule has 0 radical (unpaired) electrons. The number of hydrogen-bond donors (Lipinski definition) is 3. The van der Waals surface area contributed by atoms with Gasteiger partial charge < -0.3 is 14.8 Å². The van der Waals surface area contributed by atoms with Gasteiger partial charge in [0.15, 0.2) is 0 Å². The molecule has 2 atom stereocenters. The summed E-state index contributed by atoms with van der Waals surface area (Å²) in [5.74, 6) is 0.844. The van der Waals surface area contributed by atoms with Gasteiger partial charge in [-0.25, -0.2) is 8.42 Å². The molecule has 3 aliphatic rings. The predicted molar refractivity (Wildman–Crippen MR) is 182 cm³/mol. The van der Waals surface area contributed by atoms with Crippen LogP contribution in [0.25, 0.3) is 0 Å². The van der Waals surface area contributed by atoms with Crippen LogP contribution in [0.2, 0.25) is 0 Å². The van der Waals surface area contributed by atoms with Crippen molar-refractivity contribution in [3.63, 3.8) is 0 Å². The molecule has 1 heterocycles. The molecule has 1 saturated carbocycles. The summed E-state index contributed by atoms with van der Waals surface area (Å²) in [6, 6.07) is 6.40. The van der Waals surface area contributed by atoms with E-state index in [2.05, 4.69) is 45.4 Å². The van der Waals surface area contributed by atoms with E-state index in [0.717, 1.165) is 51.6 Å². The standard InChI is InChI=1S/C35H54N4O6S/c1-5-6-22-36-33(41)35(37-31(32(40)44-3)25-27-10-8-7-9-11-27)20-23-39(24-21-35)26-28-16-18-34(2,19-17-28)45-30-14-12-29(13-15-30)38-46(4,42)43/h12-18,27,31,37-38H,5-11,19-26H2,1-4H3,(H,36,41)/t31-,34?/m0/s1. The minimum absolute atomic E-state index is 0.0111. The van der Waals surface area contributed by atoms with Crippen molar-refractivity contribution in [2.24, 2.45) is 5.92 Å². The van der Waals surface area contributed by atoms with Crippen molar-refractivity contribution in [2.45, 2.75) is 102 Å². The van der Waals surface area contributed by atoms with Crippen molar-refractivity contribution in [3.8, 4) is 5.75 Å². The van der Waals surface area contributed by atoms with Gasteiger partial charge in [-0.15, -0.1) is 0 Å². The molecule has 0 aromatic heterocycles. The molecule has 3 N–H and O–H groups in total. The third-order valence-corrected chi connectivity index (χ3v) is 10.1. The first-order valence-electron chi connectivity index (χ1n) is 16.9. The Bertz CT molecular complexity index is 1330. The number of rotatable bonds is 15. The number of anilines is 1. The molecule has 1 unspecified atom stereocenters. The van der Waals surface area contributed by atoms with Gasteiger partial charge in [-0.2, -0.15) is 0 Å². The van der Waals surface area contributed by atoms with Gasteiger partial charge in [0.25, 0.3) is 0 Å². The van der Waals surface area contributed by atoms with Gasteiger partial charge in [-0.1, -0.05) is 57.6 Å². The second-order valence-corrected chi connectivity index (χ2v) is 15.3. The lowest BCUT2D eigenvalue weighted by atomic mass is 9.81. The van der Waals surface area contributed by atoms with Gasteiger partial charge in [0.05, 0.1) is 13.4 Å². The smallest absolute Gasteiger partial charge is 0.322 e. The number of ether oxygens (including phenoxy) is 2. The molecule has 2 fully saturated rings. The molecular weight excluding hydrogens is 604 g/mol. The molecular formula is C35H54N4O6S. The van der Waals surface area contributed by atoms with E-state index in [-0.39, 0.29) is 11.9 Å². The Morgan fingerprint density at radius 2 is 1.78 bits per heavy atom. The molecule has 10 nitrogen and oxygen atoms in total. The number of esters is 1. The minimum Gasteiger partial charge on any atom is -0.483 e. The number of hydrogen-bond acceptors (Lipinski definition) is 8. The van der Waals surface area contributed by atoms with Gasteiger partial charge in [-0.05, 0) is 74.4 Å². The Labute approximate surface area is 275 Å². The second kappa shape index (κ2) is 16.3. The van der Waals surface area contributed by atoms with E-state index in [1.807, 2.05) is 6.92 Å². The maximum atomic E-state index is 13.7. The lowest BCUT2D eigenvalue weighted by Crippen LogP contribution is -2.65. The lowest BCUT2D eigenvalue weighted by molar-refractivity contribution is -0.145. The zero-order valence-electron chi connectivity index (χ0n) is 28.1. The fourth-order valence-electron chi connectivity index (χ4n) is 6.80. The Morgan fingerprint density at radius 1 is 1.09 bits per heavy atom. The number of likely N-dealkylation sites (tertiary alicyclic amines) is 1. The Balaban J connectivity index is 1.36. The normalized spacial score (nSPS) is 22.8. The van der Waals surface area contributed by atoms with Gasteiger partial charge in [-0.3, -0.25) is 24.5 Å². The zero-order chi connectivity index (χ0) is 33.2. The molecule has 1 aromatic rings. The van der Waals surface area contributed by atoms with E-state index in [4.69, 9.17) is 9.47 Å². The van der Waals surface area contributed by atoms with Crippen LogP contribution in [-0.4, -0.2) is 81.9 Å². The summed E-state index contributed by atoms with van der Waals surface area (Å²) in [6.45, 7) is 7.01. The number of methoxy groups -OCH3 is 1. The Kier molecular flexibility index (Phi) is 12.7. The molecule has 256 valence electrons. The predicted octanol–water partition coefficient (Wildman–Crippen LogP) is 4.93. The lowest BCUT2D eigenvalue weighted by Gasteiger charge is -2.43. The van der Waals surface area contributed by atoms with Crippen molar-refractivity contribution in [1.82, 2.24) is 15.5 Å². The van der Waals surface area contributed by atoms with Crippen molar-refractivity contribution >= 4 is 27.6 Å². The first-order chi connectivity index (χ1) is 21.9. The van der Waals surface area contributed by atoms with E-state index in [9.17, 15) is 18.0 Å². The number of carbonyl (C=O) groups excluding carboxylic acids is 2. The first-order valence-corrected chi connectivity index (χ1v) is 18.8. The van der Waals surface area contributed by atoms with Crippen LogP contribution in [0.3, 0.4) is 0 Å². The first kappa shape index (κ1) is 36.0. The minimum atomic E-state index is -3.34. The number of nitrogens with zero attached hydrogens (tertiary/aromatic N) is 1. The highest BCUT2D eigenvalue weighted by molar-refractivity contribution is 7.92. The molecule has 4 rings (SSSR count). The summed E-state index contributed by atoms with van der Waals surface area (Å²) < 4.78 is 36.9. The van der Waals surface area contributed by atoms with Crippen LogP contribution in [0.4, 0.5) is 5.69 Å². The molecule has 46 heavy (non-hydrogen) atoms. The van der Waals surface area contributed by atoms with Crippen molar-refractivity contribution in [2.75, 3.05) is 44.3 Å². The number of piperidine rings is 1. The zero-order valence-corrected chi connectivity index (χ0v) is 28.9. The highest BCUT2D eigenvalue weighted by atomic mass is 32.2. The monoisotopic (exact) mass is 658 g/mol.